The molecule has 0 saturated carbocycles. The number of nitrogens with one attached hydrogen (secondary N) is 2. The Morgan fingerprint density at radius 1 is 0.971 bits per heavy atom. The average Bonchev–Trinajstić information content (AvgIpc) is 2.84. The second kappa shape index (κ2) is 8.53. The zero-order chi connectivity index (χ0) is 23.8. The zero-order valence-corrected chi connectivity index (χ0v) is 18.6. The number of nitrogens with two attached hydrogens (primary N) is 1. The van der Waals surface area contributed by atoms with Crippen LogP contribution >= 0.6 is 11.6 Å². The summed E-state index contributed by atoms with van der Waals surface area (Å²) in [5.41, 5.74) is 7.97. The van der Waals surface area contributed by atoms with Gasteiger partial charge in [-0.15, -0.1) is 0 Å². The summed E-state index contributed by atoms with van der Waals surface area (Å²) in [6.45, 7) is 1.87. The van der Waals surface area contributed by atoms with Gasteiger partial charge < -0.3 is 16.4 Å². The number of carbonyl (C=O) groups is 1. The van der Waals surface area contributed by atoms with Crippen molar-refractivity contribution in [1.82, 2.24) is 19.9 Å². The fourth-order valence-corrected chi connectivity index (χ4v) is 3.88. The van der Waals surface area contributed by atoms with Gasteiger partial charge in [-0.3, -0.25) is 4.79 Å². The van der Waals surface area contributed by atoms with Gasteiger partial charge in [0.25, 0.3) is 5.91 Å². The van der Waals surface area contributed by atoms with Gasteiger partial charge in [0.2, 0.25) is 0 Å². The predicted molar refractivity (Wildman–Crippen MR) is 131 cm³/mol. The van der Waals surface area contributed by atoms with Crippen LogP contribution in [0.25, 0.3) is 21.7 Å². The first-order chi connectivity index (χ1) is 16.4. The van der Waals surface area contributed by atoms with Crippen LogP contribution in [-0.4, -0.2) is 25.8 Å². The number of pyridine rings is 2. The quantitative estimate of drug-likeness (QED) is 0.326. The number of nitrogens with zero attached hydrogens (tertiary/aromatic N) is 4. The number of amides is 1. The molecule has 0 aliphatic heterocycles. The highest BCUT2D eigenvalue weighted by Gasteiger charge is 2.18. The Labute approximate surface area is 198 Å². The molecular formula is C24H17ClFN7O. The molecule has 3 heterocycles. The van der Waals surface area contributed by atoms with Gasteiger partial charge in [-0.05, 0) is 36.8 Å². The summed E-state index contributed by atoms with van der Waals surface area (Å²) in [7, 11) is 0. The van der Waals surface area contributed by atoms with Gasteiger partial charge in [0.05, 0.1) is 16.4 Å². The van der Waals surface area contributed by atoms with E-state index in [1.165, 1.54) is 18.6 Å². The van der Waals surface area contributed by atoms with E-state index in [0.717, 1.165) is 5.56 Å². The molecule has 0 spiro atoms. The number of aromatic nitrogens is 4. The van der Waals surface area contributed by atoms with E-state index >= 15 is 0 Å². The second-order valence-electron chi connectivity index (χ2n) is 7.51. The SMILES string of the molecule is Cc1ccc2c(Nc3cccc(Cl)c3F)nccc2c1NC(=O)c1nccc2c(N)ncnc12. The summed E-state index contributed by atoms with van der Waals surface area (Å²) in [5, 5.41) is 7.86. The van der Waals surface area contributed by atoms with E-state index < -0.39 is 11.7 Å². The van der Waals surface area contributed by atoms with E-state index in [1.54, 1.807) is 30.5 Å². The Balaban J connectivity index is 1.57. The Hall–Kier alpha value is -4.37. The molecule has 4 N–H and O–H groups in total. The average molecular weight is 474 g/mol. The first kappa shape index (κ1) is 21.5. The van der Waals surface area contributed by atoms with Crippen molar-refractivity contribution in [2.24, 2.45) is 0 Å². The largest absolute Gasteiger partial charge is 0.383 e. The fraction of sp³-hybridized carbons (Fsp3) is 0.0417. The van der Waals surface area contributed by atoms with E-state index in [0.29, 0.717) is 33.2 Å². The normalized spacial score (nSPS) is 11.0. The monoisotopic (exact) mass is 473 g/mol. The maximum Gasteiger partial charge on any atom is 0.276 e. The van der Waals surface area contributed by atoms with Crippen LogP contribution in [0.1, 0.15) is 16.1 Å². The van der Waals surface area contributed by atoms with Crippen LogP contribution in [0.5, 0.6) is 0 Å². The van der Waals surface area contributed by atoms with Gasteiger partial charge in [0.15, 0.2) is 11.5 Å². The van der Waals surface area contributed by atoms with Crippen LogP contribution in [0.2, 0.25) is 5.02 Å². The maximum atomic E-state index is 14.4. The standard InChI is InChI=1S/C24H17ClFN7O/c1-12-5-6-14-13(7-10-29-23(14)32-17-4-2-3-16(25)18(17)26)19(12)33-24(34)21-20-15(8-9-28-21)22(27)31-11-30-20/h2-11H,1H3,(H,29,32)(H,33,34)(H2,27,30,31). The zero-order valence-electron chi connectivity index (χ0n) is 17.8. The Kier molecular flexibility index (Phi) is 5.39. The van der Waals surface area contributed by atoms with Crippen LogP contribution < -0.4 is 16.4 Å². The minimum Gasteiger partial charge on any atom is -0.383 e. The first-order valence-corrected chi connectivity index (χ1v) is 10.6. The number of halogens is 2. The van der Waals surface area contributed by atoms with Crippen molar-refractivity contribution < 1.29 is 9.18 Å². The third-order valence-electron chi connectivity index (χ3n) is 5.40. The number of nitrogen functional groups attached to an aromatic ring is 1. The summed E-state index contributed by atoms with van der Waals surface area (Å²) in [6, 6.07) is 11.8. The summed E-state index contributed by atoms with van der Waals surface area (Å²) in [5.74, 6) is -0.353. The summed E-state index contributed by atoms with van der Waals surface area (Å²) >= 11 is 5.91. The Morgan fingerprint density at radius 3 is 2.62 bits per heavy atom. The van der Waals surface area contributed by atoms with Gasteiger partial charge in [-0.25, -0.2) is 24.3 Å². The van der Waals surface area contributed by atoms with Gasteiger partial charge >= 0.3 is 0 Å². The third kappa shape index (κ3) is 3.71. The van der Waals surface area contributed by atoms with Crippen molar-refractivity contribution in [2.45, 2.75) is 6.92 Å². The van der Waals surface area contributed by atoms with Crippen molar-refractivity contribution in [3.63, 3.8) is 0 Å². The molecule has 0 fully saturated rings. The molecule has 0 aliphatic carbocycles. The highest BCUT2D eigenvalue weighted by Crippen LogP contribution is 2.34. The topological polar surface area (TPSA) is 119 Å². The summed E-state index contributed by atoms with van der Waals surface area (Å²) in [6.07, 6.45) is 4.35. The third-order valence-corrected chi connectivity index (χ3v) is 5.69. The fourth-order valence-electron chi connectivity index (χ4n) is 3.71. The predicted octanol–water partition coefficient (Wildman–Crippen LogP) is 5.25. The van der Waals surface area contributed by atoms with Crippen molar-refractivity contribution in [1.29, 1.82) is 0 Å². The van der Waals surface area contributed by atoms with E-state index in [9.17, 15) is 9.18 Å². The maximum absolute atomic E-state index is 14.4. The lowest BCUT2D eigenvalue weighted by atomic mass is 10.0. The van der Waals surface area contributed by atoms with E-state index in [4.69, 9.17) is 17.3 Å². The number of anilines is 4. The lowest BCUT2D eigenvalue weighted by Crippen LogP contribution is -2.16. The van der Waals surface area contributed by atoms with Crippen LogP contribution in [0.15, 0.2) is 61.2 Å². The highest BCUT2D eigenvalue weighted by molar-refractivity contribution is 6.31. The molecular weight excluding hydrogens is 457 g/mol. The molecule has 34 heavy (non-hydrogen) atoms. The molecule has 0 saturated heterocycles. The van der Waals surface area contributed by atoms with Gasteiger partial charge in [0, 0.05) is 28.6 Å². The molecule has 168 valence electrons. The number of benzene rings is 2. The number of aryl methyl sites for hydroxylation is 1. The molecule has 10 heteroatoms. The lowest BCUT2D eigenvalue weighted by Gasteiger charge is -2.15. The Morgan fingerprint density at radius 2 is 1.76 bits per heavy atom. The second-order valence-corrected chi connectivity index (χ2v) is 7.91. The number of hydrogen-bond donors (Lipinski definition) is 3. The van der Waals surface area contributed by atoms with Crippen molar-refractivity contribution >= 4 is 62.2 Å². The molecule has 0 unspecified atom stereocenters. The molecule has 5 rings (SSSR count). The van der Waals surface area contributed by atoms with Gasteiger partial charge in [-0.2, -0.15) is 0 Å². The minimum absolute atomic E-state index is 0.000988. The first-order valence-electron chi connectivity index (χ1n) is 10.2. The Bertz CT molecular complexity index is 1590. The molecule has 0 aliphatic rings. The molecule has 0 atom stereocenters. The minimum atomic E-state index is -0.577. The molecule has 8 nitrogen and oxygen atoms in total. The summed E-state index contributed by atoms with van der Waals surface area (Å²) < 4.78 is 14.4. The highest BCUT2D eigenvalue weighted by atomic mass is 35.5. The van der Waals surface area contributed by atoms with Gasteiger partial charge in [0.1, 0.15) is 23.5 Å². The smallest absolute Gasteiger partial charge is 0.276 e. The van der Waals surface area contributed by atoms with E-state index in [2.05, 4.69) is 30.6 Å². The van der Waals surface area contributed by atoms with Crippen LogP contribution in [0.4, 0.5) is 27.4 Å². The number of carbonyl (C=O) groups excluding carboxylic acids is 1. The molecule has 3 aromatic heterocycles. The van der Waals surface area contributed by atoms with Crippen molar-refractivity contribution in [3.05, 3.63) is 83.3 Å². The molecule has 0 radical (unpaired) electrons. The number of fused-ring (bicyclic) bond motifs is 2. The van der Waals surface area contributed by atoms with Crippen LogP contribution in [-0.2, 0) is 0 Å². The molecule has 2 aromatic carbocycles. The molecule has 0 bridgehead atoms. The van der Waals surface area contributed by atoms with Crippen molar-refractivity contribution in [2.75, 3.05) is 16.4 Å². The van der Waals surface area contributed by atoms with E-state index in [1.807, 2.05) is 19.1 Å². The van der Waals surface area contributed by atoms with Crippen molar-refractivity contribution in [3.8, 4) is 0 Å². The van der Waals surface area contributed by atoms with Crippen LogP contribution in [0.3, 0.4) is 0 Å². The van der Waals surface area contributed by atoms with Gasteiger partial charge in [-0.1, -0.05) is 29.8 Å². The molecule has 5 aromatic rings. The number of hydrogen-bond acceptors (Lipinski definition) is 7. The summed E-state index contributed by atoms with van der Waals surface area (Å²) in [4.78, 5) is 29.9. The van der Waals surface area contributed by atoms with E-state index in [-0.39, 0.29) is 22.2 Å². The lowest BCUT2D eigenvalue weighted by molar-refractivity contribution is 0.102. The number of rotatable bonds is 4. The molecule has 1 amide bonds. The van der Waals surface area contributed by atoms with Crippen LogP contribution in [0, 0.1) is 12.7 Å².